The Morgan fingerprint density at radius 2 is 2.00 bits per heavy atom. The van der Waals surface area contributed by atoms with E-state index in [-0.39, 0.29) is 11.9 Å². The Bertz CT molecular complexity index is 767. The van der Waals surface area contributed by atoms with Gasteiger partial charge in [0.2, 0.25) is 5.91 Å². The standard InChI is InChI=1S/C20H22N2O4/c1-13(4-3-11-23)5-8-17-16(7-10-20(25)26)14(2)18(22-17)12-15-6-9-19(24)21-15/h3-5,7-8,10-12,18,20,22,25-26H,1-2,6,9H2,(H,21,24)/b4-3+,8-5+,10-7+,15-12-. The average molecular weight is 354 g/mol. The van der Waals surface area contributed by atoms with Gasteiger partial charge in [0.05, 0.1) is 6.04 Å². The van der Waals surface area contributed by atoms with E-state index in [4.69, 9.17) is 10.2 Å². The number of aliphatic hydroxyl groups excluding tert-OH is 1. The van der Waals surface area contributed by atoms with Crippen LogP contribution < -0.4 is 10.6 Å². The number of carbonyl (C=O) groups excluding carboxylic acids is 2. The molecule has 136 valence electrons. The molecule has 0 bridgehead atoms. The van der Waals surface area contributed by atoms with E-state index < -0.39 is 6.29 Å². The van der Waals surface area contributed by atoms with Gasteiger partial charge in [-0.2, -0.15) is 0 Å². The summed E-state index contributed by atoms with van der Waals surface area (Å²) < 4.78 is 0. The first kappa shape index (κ1) is 19.4. The van der Waals surface area contributed by atoms with Crippen molar-refractivity contribution in [2.24, 2.45) is 0 Å². The molecule has 0 aromatic carbocycles. The van der Waals surface area contributed by atoms with Crippen molar-refractivity contribution in [3.05, 3.63) is 83.8 Å². The molecule has 2 rings (SSSR count). The van der Waals surface area contributed by atoms with E-state index in [0.717, 1.165) is 17.0 Å². The van der Waals surface area contributed by atoms with Gasteiger partial charge in [-0.15, -0.1) is 0 Å². The Morgan fingerprint density at radius 1 is 1.23 bits per heavy atom. The summed E-state index contributed by atoms with van der Waals surface area (Å²) in [5.41, 5.74) is 3.64. The van der Waals surface area contributed by atoms with Crippen LogP contribution in [0.5, 0.6) is 0 Å². The van der Waals surface area contributed by atoms with Gasteiger partial charge in [-0.1, -0.05) is 31.4 Å². The number of carbonyl (C=O) groups is 2. The summed E-state index contributed by atoms with van der Waals surface area (Å²) >= 11 is 0. The van der Waals surface area contributed by atoms with Crippen LogP contribution in [-0.2, 0) is 9.59 Å². The van der Waals surface area contributed by atoms with Crippen molar-refractivity contribution in [1.29, 1.82) is 0 Å². The van der Waals surface area contributed by atoms with Crippen molar-refractivity contribution in [3.63, 3.8) is 0 Å². The molecule has 1 saturated heterocycles. The summed E-state index contributed by atoms with van der Waals surface area (Å²) in [6, 6.07) is -0.225. The largest absolute Gasteiger partial charge is 0.374 e. The number of hydrogen-bond donors (Lipinski definition) is 4. The Kier molecular flexibility index (Phi) is 6.66. The van der Waals surface area contributed by atoms with Crippen molar-refractivity contribution in [3.8, 4) is 0 Å². The predicted molar refractivity (Wildman–Crippen MR) is 99.4 cm³/mol. The normalized spacial score (nSPS) is 22.4. The fourth-order valence-electron chi connectivity index (χ4n) is 2.62. The van der Waals surface area contributed by atoms with Crippen molar-refractivity contribution < 1.29 is 19.8 Å². The summed E-state index contributed by atoms with van der Waals surface area (Å²) in [6.45, 7) is 7.89. The molecular weight excluding hydrogens is 332 g/mol. The molecule has 2 aliphatic rings. The van der Waals surface area contributed by atoms with Crippen LogP contribution in [0.15, 0.2) is 83.8 Å². The van der Waals surface area contributed by atoms with Crippen LogP contribution in [-0.4, -0.2) is 34.7 Å². The molecular formula is C20H22N2O4. The summed E-state index contributed by atoms with van der Waals surface area (Å²) in [4.78, 5) is 21.7. The number of rotatable bonds is 7. The van der Waals surface area contributed by atoms with Gasteiger partial charge in [0, 0.05) is 23.4 Å². The summed E-state index contributed by atoms with van der Waals surface area (Å²) in [6.07, 6.45) is 11.4. The summed E-state index contributed by atoms with van der Waals surface area (Å²) in [7, 11) is 0. The first-order valence-corrected chi connectivity index (χ1v) is 8.14. The third-order valence-electron chi connectivity index (χ3n) is 3.90. The van der Waals surface area contributed by atoms with Gasteiger partial charge in [-0.3, -0.25) is 9.59 Å². The maximum absolute atomic E-state index is 11.4. The van der Waals surface area contributed by atoms with E-state index in [1.807, 2.05) is 6.08 Å². The Hall–Kier alpha value is -2.96. The minimum atomic E-state index is -1.57. The number of aldehydes is 1. The fourth-order valence-corrected chi connectivity index (χ4v) is 2.62. The second kappa shape index (κ2) is 8.94. The quantitative estimate of drug-likeness (QED) is 0.239. The molecule has 2 aliphatic heterocycles. The van der Waals surface area contributed by atoms with E-state index in [1.165, 1.54) is 12.2 Å². The maximum atomic E-state index is 11.4. The van der Waals surface area contributed by atoms with Crippen molar-refractivity contribution >= 4 is 12.2 Å². The minimum absolute atomic E-state index is 0.00489. The molecule has 4 N–H and O–H groups in total. The van der Waals surface area contributed by atoms with Gasteiger partial charge >= 0.3 is 0 Å². The van der Waals surface area contributed by atoms with Gasteiger partial charge in [-0.25, -0.2) is 0 Å². The molecule has 6 nitrogen and oxygen atoms in total. The van der Waals surface area contributed by atoms with Crippen LogP contribution in [0.1, 0.15) is 12.8 Å². The highest BCUT2D eigenvalue weighted by molar-refractivity contribution is 5.81. The molecule has 1 amide bonds. The van der Waals surface area contributed by atoms with Crippen molar-refractivity contribution in [2.75, 3.05) is 0 Å². The van der Waals surface area contributed by atoms with Gasteiger partial charge in [0.1, 0.15) is 6.29 Å². The van der Waals surface area contributed by atoms with Crippen LogP contribution in [0.3, 0.4) is 0 Å². The zero-order chi connectivity index (χ0) is 19.1. The van der Waals surface area contributed by atoms with Crippen LogP contribution in [0, 0.1) is 0 Å². The molecule has 0 aromatic rings. The Balaban J connectivity index is 2.24. The molecule has 0 saturated carbocycles. The Morgan fingerprint density at radius 3 is 2.62 bits per heavy atom. The van der Waals surface area contributed by atoms with E-state index in [0.29, 0.717) is 30.3 Å². The fraction of sp³-hybridized carbons (Fsp3) is 0.200. The van der Waals surface area contributed by atoms with Gasteiger partial charge in [-0.05, 0) is 41.9 Å². The van der Waals surface area contributed by atoms with Gasteiger partial charge < -0.3 is 20.8 Å². The first-order chi connectivity index (χ1) is 12.4. The zero-order valence-electron chi connectivity index (χ0n) is 14.3. The van der Waals surface area contributed by atoms with E-state index in [2.05, 4.69) is 23.8 Å². The van der Waals surface area contributed by atoms with Crippen LogP contribution in [0.4, 0.5) is 0 Å². The lowest BCUT2D eigenvalue weighted by molar-refractivity contribution is -0.118. The number of nitrogens with one attached hydrogen (secondary N) is 2. The Labute approximate surface area is 152 Å². The third kappa shape index (κ3) is 5.27. The van der Waals surface area contributed by atoms with E-state index in [9.17, 15) is 9.59 Å². The van der Waals surface area contributed by atoms with Crippen molar-refractivity contribution in [1.82, 2.24) is 10.6 Å². The third-order valence-corrected chi connectivity index (χ3v) is 3.90. The molecule has 2 heterocycles. The van der Waals surface area contributed by atoms with Gasteiger partial charge in [0.15, 0.2) is 6.29 Å². The lowest BCUT2D eigenvalue weighted by Gasteiger charge is -2.10. The van der Waals surface area contributed by atoms with E-state index in [1.54, 1.807) is 24.3 Å². The number of hydrogen-bond acceptors (Lipinski definition) is 5. The van der Waals surface area contributed by atoms with Crippen LogP contribution in [0.25, 0.3) is 0 Å². The molecule has 1 unspecified atom stereocenters. The molecule has 0 aliphatic carbocycles. The molecule has 26 heavy (non-hydrogen) atoms. The van der Waals surface area contributed by atoms with Crippen molar-refractivity contribution in [2.45, 2.75) is 25.2 Å². The molecule has 0 spiro atoms. The average Bonchev–Trinajstić information content (AvgIpc) is 3.13. The highest BCUT2D eigenvalue weighted by Gasteiger charge is 2.25. The number of aliphatic hydroxyl groups is 2. The van der Waals surface area contributed by atoms with Crippen LogP contribution in [0.2, 0.25) is 0 Å². The highest BCUT2D eigenvalue weighted by Crippen LogP contribution is 2.28. The lowest BCUT2D eigenvalue weighted by atomic mass is 10.0. The monoisotopic (exact) mass is 354 g/mol. The zero-order valence-corrected chi connectivity index (χ0v) is 14.3. The molecule has 1 fully saturated rings. The second-order valence-electron chi connectivity index (χ2n) is 5.89. The SMILES string of the molecule is C=C(/C=C/C=O)/C=C/C1=C(/C=C/C(O)O)C(=C)C(/C=C2/CCC(=O)N2)N1. The van der Waals surface area contributed by atoms with Crippen LogP contribution >= 0.6 is 0 Å². The van der Waals surface area contributed by atoms with Gasteiger partial charge in [0.25, 0.3) is 0 Å². The molecule has 6 heteroatoms. The molecule has 0 aromatic heterocycles. The summed E-state index contributed by atoms with van der Waals surface area (Å²) in [5, 5.41) is 24.3. The number of allylic oxidation sites excluding steroid dienone is 7. The minimum Gasteiger partial charge on any atom is -0.374 e. The number of amides is 1. The highest BCUT2D eigenvalue weighted by atomic mass is 16.5. The maximum Gasteiger partial charge on any atom is 0.224 e. The summed E-state index contributed by atoms with van der Waals surface area (Å²) in [5.74, 6) is -0.00489. The smallest absolute Gasteiger partial charge is 0.224 e. The topological polar surface area (TPSA) is 98.7 Å². The molecule has 1 atom stereocenters. The molecule has 0 radical (unpaired) electrons. The van der Waals surface area contributed by atoms with E-state index >= 15 is 0 Å². The first-order valence-electron chi connectivity index (χ1n) is 8.14. The second-order valence-corrected chi connectivity index (χ2v) is 5.89. The predicted octanol–water partition coefficient (Wildman–Crippen LogP) is 1.30. The lowest BCUT2D eigenvalue weighted by Crippen LogP contribution is -2.23.